The molecule has 194 valence electrons. The number of amides is 2. The molecule has 0 aromatic heterocycles. The van der Waals surface area contributed by atoms with E-state index in [1.54, 1.807) is 0 Å². The largest absolute Gasteiger partial charge is 0.337 e. The first-order valence-corrected chi connectivity index (χ1v) is 15.0. The van der Waals surface area contributed by atoms with Crippen LogP contribution < -0.4 is 0 Å². The van der Waals surface area contributed by atoms with Crippen LogP contribution in [-0.4, -0.2) is 72.6 Å². The molecule has 3 atom stereocenters. The molecule has 3 aliphatic heterocycles. The Balaban J connectivity index is 1.40. The minimum atomic E-state index is -4.01. The van der Waals surface area contributed by atoms with Gasteiger partial charge in [0.15, 0.2) is 0 Å². The zero-order valence-electron chi connectivity index (χ0n) is 20.7. The number of hydrogen-bond acceptors (Lipinski definition) is 5. The van der Waals surface area contributed by atoms with Crippen molar-refractivity contribution in [1.29, 1.82) is 0 Å². The number of nitrogens with zero attached hydrogens (tertiary/aromatic N) is 3. The second-order valence-corrected chi connectivity index (χ2v) is 12.4. The van der Waals surface area contributed by atoms with E-state index in [1.165, 1.54) is 56.6 Å². The van der Waals surface area contributed by atoms with E-state index >= 15 is 0 Å². The summed E-state index contributed by atoms with van der Waals surface area (Å²) in [6.07, 6.45) is 9.14. The molecule has 1 aromatic rings. The van der Waals surface area contributed by atoms with Gasteiger partial charge in [-0.05, 0) is 82.4 Å². The van der Waals surface area contributed by atoms with Crippen molar-refractivity contribution < 1.29 is 18.0 Å². The van der Waals surface area contributed by atoms with Gasteiger partial charge in [-0.1, -0.05) is 37.8 Å². The van der Waals surface area contributed by atoms with Gasteiger partial charge >= 0.3 is 0 Å². The van der Waals surface area contributed by atoms with Crippen molar-refractivity contribution in [3.8, 4) is 0 Å². The quantitative estimate of drug-likeness (QED) is 0.427. The number of carbonyl (C=O) groups is 2. The number of fused-ring (bicyclic) bond motifs is 1. The van der Waals surface area contributed by atoms with E-state index in [0.717, 1.165) is 36.5 Å². The van der Waals surface area contributed by atoms with Crippen LogP contribution in [0.5, 0.6) is 0 Å². The third-order valence-corrected chi connectivity index (χ3v) is 9.86. The number of carbonyl (C=O) groups excluding carboxylic acids is 2. The van der Waals surface area contributed by atoms with Crippen molar-refractivity contribution >= 4 is 33.4 Å². The molecule has 35 heavy (non-hydrogen) atoms. The van der Waals surface area contributed by atoms with Crippen LogP contribution in [0.1, 0.15) is 71.1 Å². The molecule has 4 rings (SSSR count). The predicted molar refractivity (Wildman–Crippen MR) is 137 cm³/mol. The fraction of sp³-hybridized carbons (Fsp3) is 0.692. The lowest BCUT2D eigenvalue weighted by Gasteiger charge is -2.28. The van der Waals surface area contributed by atoms with Crippen molar-refractivity contribution in [2.45, 2.75) is 88.1 Å². The van der Waals surface area contributed by atoms with Gasteiger partial charge in [0.05, 0.1) is 22.9 Å². The Morgan fingerprint density at radius 2 is 1.74 bits per heavy atom. The fourth-order valence-electron chi connectivity index (χ4n) is 6.04. The van der Waals surface area contributed by atoms with Crippen LogP contribution in [0.25, 0.3) is 0 Å². The van der Waals surface area contributed by atoms with E-state index in [1.807, 2.05) is 11.8 Å². The Hall–Kier alpha value is -1.64. The number of likely N-dealkylation sites (tertiary alicyclic amines) is 2. The lowest BCUT2D eigenvalue weighted by atomic mass is 9.94. The molecule has 0 aliphatic carbocycles. The summed E-state index contributed by atoms with van der Waals surface area (Å²) in [6, 6.07) is 5.05. The highest BCUT2D eigenvalue weighted by Gasteiger charge is 2.58. The Morgan fingerprint density at radius 1 is 1.03 bits per heavy atom. The van der Waals surface area contributed by atoms with Gasteiger partial charge < -0.3 is 9.80 Å². The molecule has 0 spiro atoms. The van der Waals surface area contributed by atoms with Crippen LogP contribution in [0.2, 0.25) is 5.02 Å². The number of rotatable bonds is 10. The minimum absolute atomic E-state index is 0.0510. The van der Waals surface area contributed by atoms with Crippen molar-refractivity contribution in [3.63, 3.8) is 0 Å². The molecule has 9 heteroatoms. The zero-order chi connectivity index (χ0) is 25.0. The Kier molecular flexibility index (Phi) is 8.76. The predicted octanol–water partition coefficient (Wildman–Crippen LogP) is 4.30. The number of piperidine rings is 1. The van der Waals surface area contributed by atoms with Crippen LogP contribution >= 0.6 is 11.6 Å². The van der Waals surface area contributed by atoms with Gasteiger partial charge in [0.1, 0.15) is 0 Å². The summed E-state index contributed by atoms with van der Waals surface area (Å²) in [5.74, 6) is -0.802. The second kappa shape index (κ2) is 11.6. The summed E-state index contributed by atoms with van der Waals surface area (Å²) in [6.45, 7) is 5.98. The van der Waals surface area contributed by atoms with E-state index < -0.39 is 22.0 Å². The maximum Gasteiger partial charge on any atom is 0.266 e. The van der Waals surface area contributed by atoms with Crippen molar-refractivity contribution in [2.24, 2.45) is 5.92 Å². The molecular weight excluding hydrogens is 486 g/mol. The molecule has 3 aliphatic rings. The summed E-state index contributed by atoms with van der Waals surface area (Å²) in [4.78, 5) is 31.0. The van der Waals surface area contributed by atoms with Crippen LogP contribution in [0.4, 0.5) is 0 Å². The standard InChI is InChI=1S/C26H38ClN3O4S/c1-2-9-22-25-23(30(26(22)32)35(33,34)21-13-11-20(27)12-14-21)15-19-29(25)24(31)10-5-3-6-16-28-17-7-4-8-18-28/h11-14,22-23,25H,2-10,15-19H2,1H3/t22-,23+,25-/m1/s1. The number of sulfonamides is 1. The molecule has 3 fully saturated rings. The van der Waals surface area contributed by atoms with E-state index in [9.17, 15) is 18.0 Å². The number of halogens is 1. The van der Waals surface area contributed by atoms with E-state index in [-0.39, 0.29) is 22.8 Å². The van der Waals surface area contributed by atoms with Crippen LogP contribution in [0.3, 0.4) is 0 Å². The smallest absolute Gasteiger partial charge is 0.266 e. The average molecular weight is 524 g/mol. The molecule has 0 N–H and O–H groups in total. The van der Waals surface area contributed by atoms with Crippen molar-refractivity contribution in [3.05, 3.63) is 29.3 Å². The Morgan fingerprint density at radius 3 is 2.43 bits per heavy atom. The number of hydrogen-bond donors (Lipinski definition) is 0. The van der Waals surface area contributed by atoms with Crippen LogP contribution in [0, 0.1) is 5.92 Å². The van der Waals surface area contributed by atoms with Gasteiger partial charge in [-0.25, -0.2) is 12.7 Å². The first-order valence-electron chi connectivity index (χ1n) is 13.2. The highest BCUT2D eigenvalue weighted by atomic mass is 35.5. The summed E-state index contributed by atoms with van der Waals surface area (Å²) in [5.41, 5.74) is 0. The maximum absolute atomic E-state index is 13.5. The average Bonchev–Trinajstić information content (AvgIpc) is 3.38. The monoisotopic (exact) mass is 523 g/mol. The lowest BCUT2D eigenvalue weighted by molar-refractivity contribution is -0.134. The second-order valence-electron chi connectivity index (χ2n) is 10.1. The Bertz CT molecular complexity index is 994. The first-order chi connectivity index (χ1) is 16.8. The van der Waals surface area contributed by atoms with Gasteiger partial charge in [-0.2, -0.15) is 0 Å². The van der Waals surface area contributed by atoms with Crippen molar-refractivity contribution in [1.82, 2.24) is 14.1 Å². The van der Waals surface area contributed by atoms with E-state index in [4.69, 9.17) is 11.6 Å². The minimum Gasteiger partial charge on any atom is -0.337 e. The fourth-order valence-corrected chi connectivity index (χ4v) is 7.83. The molecule has 0 saturated carbocycles. The first kappa shape index (κ1) is 26.4. The molecule has 3 heterocycles. The lowest BCUT2D eigenvalue weighted by Crippen LogP contribution is -2.43. The van der Waals surface area contributed by atoms with E-state index in [0.29, 0.717) is 30.8 Å². The van der Waals surface area contributed by atoms with E-state index in [2.05, 4.69) is 4.90 Å². The number of benzene rings is 1. The van der Waals surface area contributed by atoms with Gasteiger partial charge in [-0.3, -0.25) is 9.59 Å². The van der Waals surface area contributed by atoms with Gasteiger partial charge in [0.25, 0.3) is 10.0 Å². The van der Waals surface area contributed by atoms with Crippen LogP contribution in [0.15, 0.2) is 29.2 Å². The SMILES string of the molecule is CCC[C@H]1C(=O)N(S(=O)(=O)c2ccc(Cl)cc2)[C@H]2CCN(C(=O)CCCCCN3CCCCC3)[C@H]12. The van der Waals surface area contributed by atoms with Gasteiger partial charge in [0, 0.05) is 18.0 Å². The highest BCUT2D eigenvalue weighted by molar-refractivity contribution is 7.89. The molecule has 1 aromatic carbocycles. The molecule has 0 radical (unpaired) electrons. The third-order valence-electron chi connectivity index (χ3n) is 7.77. The molecular formula is C26H38ClN3O4S. The third kappa shape index (κ3) is 5.70. The molecule has 0 bridgehead atoms. The van der Waals surface area contributed by atoms with Gasteiger partial charge in [0.2, 0.25) is 11.8 Å². The summed E-state index contributed by atoms with van der Waals surface area (Å²) in [5, 5.41) is 0.437. The molecule has 7 nitrogen and oxygen atoms in total. The molecule has 3 saturated heterocycles. The van der Waals surface area contributed by atoms with Gasteiger partial charge in [-0.15, -0.1) is 0 Å². The topological polar surface area (TPSA) is 78.0 Å². The summed E-state index contributed by atoms with van der Waals surface area (Å²) in [7, 11) is -4.01. The summed E-state index contributed by atoms with van der Waals surface area (Å²) < 4.78 is 28.0. The zero-order valence-corrected chi connectivity index (χ0v) is 22.3. The molecule has 0 unspecified atom stereocenters. The maximum atomic E-state index is 13.5. The normalized spacial score (nSPS) is 25.3. The molecule has 2 amide bonds. The van der Waals surface area contributed by atoms with Crippen LogP contribution in [-0.2, 0) is 19.6 Å². The van der Waals surface area contributed by atoms with Crippen molar-refractivity contribution in [2.75, 3.05) is 26.2 Å². The summed E-state index contributed by atoms with van der Waals surface area (Å²) >= 11 is 5.94. The Labute approximate surface area is 214 Å². The highest BCUT2D eigenvalue weighted by Crippen LogP contribution is 2.42. The number of unbranched alkanes of at least 4 members (excludes halogenated alkanes) is 2.